The molecule has 0 atom stereocenters. The van der Waals surface area contributed by atoms with Crippen LogP contribution >= 0.6 is 0 Å². The van der Waals surface area contributed by atoms with Gasteiger partial charge in [0.25, 0.3) is 11.5 Å². The van der Waals surface area contributed by atoms with E-state index in [0.29, 0.717) is 11.3 Å². The molecule has 0 radical (unpaired) electrons. The first kappa shape index (κ1) is 13.1. The third kappa shape index (κ3) is 2.13. The molecule has 0 saturated carbocycles. The van der Waals surface area contributed by atoms with Crippen molar-refractivity contribution in [1.82, 2.24) is 24.0 Å². The van der Waals surface area contributed by atoms with Crippen LogP contribution in [-0.2, 0) is 0 Å². The van der Waals surface area contributed by atoms with Gasteiger partial charge in [-0.25, -0.2) is 4.98 Å². The summed E-state index contributed by atoms with van der Waals surface area (Å²) < 4.78 is 2.93. The van der Waals surface area contributed by atoms with Gasteiger partial charge in [-0.3, -0.25) is 23.7 Å². The summed E-state index contributed by atoms with van der Waals surface area (Å²) in [4.78, 5) is 28.9. The summed E-state index contributed by atoms with van der Waals surface area (Å²) in [5, 5.41) is 10.4. The van der Waals surface area contributed by atoms with E-state index in [1.165, 1.54) is 10.6 Å². The largest absolute Gasteiger partial charge is 0.290 e. The minimum absolute atomic E-state index is 0.0682. The molecule has 0 spiro atoms. The minimum Gasteiger partial charge on any atom is -0.290 e. The number of hydrogen-bond donors (Lipinski definition) is 1. The summed E-state index contributed by atoms with van der Waals surface area (Å²) in [5.41, 5.74) is 0.557. The SMILES string of the molecule is O=C(Nc1nnc2ccccn12)c1cnc2ccccn2c1=O. The lowest BCUT2D eigenvalue weighted by atomic mass is 10.3. The number of amides is 1. The second kappa shape index (κ2) is 5.02. The molecule has 23 heavy (non-hydrogen) atoms. The molecule has 0 aliphatic rings. The summed E-state index contributed by atoms with van der Waals surface area (Å²) in [6.45, 7) is 0. The summed E-state index contributed by atoms with van der Waals surface area (Å²) >= 11 is 0. The van der Waals surface area contributed by atoms with Gasteiger partial charge in [-0.1, -0.05) is 12.1 Å². The van der Waals surface area contributed by atoms with E-state index in [1.807, 2.05) is 6.07 Å². The molecule has 0 unspecified atom stereocenters. The zero-order chi connectivity index (χ0) is 15.8. The molecule has 0 fully saturated rings. The molecule has 4 aromatic heterocycles. The van der Waals surface area contributed by atoms with Crippen molar-refractivity contribution in [3.05, 3.63) is 70.9 Å². The Morgan fingerprint density at radius 2 is 1.70 bits per heavy atom. The third-order valence-corrected chi connectivity index (χ3v) is 3.40. The quantitative estimate of drug-likeness (QED) is 0.596. The Bertz CT molecular complexity index is 1100. The molecule has 0 aromatic carbocycles. The summed E-state index contributed by atoms with van der Waals surface area (Å²) in [6, 6.07) is 10.5. The number of rotatable bonds is 2. The number of nitrogens with one attached hydrogen (secondary N) is 1. The average Bonchev–Trinajstić information content (AvgIpc) is 2.98. The van der Waals surface area contributed by atoms with Crippen LogP contribution in [0.15, 0.2) is 59.8 Å². The van der Waals surface area contributed by atoms with Gasteiger partial charge < -0.3 is 0 Å². The molecule has 0 aliphatic carbocycles. The highest BCUT2D eigenvalue weighted by molar-refractivity contribution is 6.03. The lowest BCUT2D eigenvalue weighted by Crippen LogP contribution is -2.27. The van der Waals surface area contributed by atoms with Gasteiger partial charge in [0.2, 0.25) is 5.95 Å². The summed E-state index contributed by atoms with van der Waals surface area (Å²) in [7, 11) is 0. The highest BCUT2D eigenvalue weighted by Gasteiger charge is 2.15. The number of anilines is 1. The van der Waals surface area contributed by atoms with Gasteiger partial charge >= 0.3 is 0 Å². The fourth-order valence-corrected chi connectivity index (χ4v) is 2.28. The maximum Gasteiger partial charge on any atom is 0.270 e. The summed E-state index contributed by atoms with van der Waals surface area (Å²) in [6.07, 6.45) is 4.54. The van der Waals surface area contributed by atoms with Gasteiger partial charge in [-0.2, -0.15) is 0 Å². The van der Waals surface area contributed by atoms with E-state index in [4.69, 9.17) is 0 Å². The maximum atomic E-state index is 12.4. The van der Waals surface area contributed by atoms with Gasteiger partial charge in [0, 0.05) is 18.6 Å². The molecule has 0 bridgehead atoms. The fourth-order valence-electron chi connectivity index (χ4n) is 2.28. The van der Waals surface area contributed by atoms with Crippen LogP contribution in [0.25, 0.3) is 11.3 Å². The van der Waals surface area contributed by atoms with Gasteiger partial charge in [-0.05, 0) is 24.3 Å². The lowest BCUT2D eigenvalue weighted by molar-refractivity contribution is 0.102. The number of carbonyl (C=O) groups is 1. The van der Waals surface area contributed by atoms with Gasteiger partial charge in [0.1, 0.15) is 11.2 Å². The van der Waals surface area contributed by atoms with E-state index in [2.05, 4.69) is 20.5 Å². The number of carbonyl (C=O) groups excluding carboxylic acids is 1. The molecule has 4 heterocycles. The van der Waals surface area contributed by atoms with Crippen molar-refractivity contribution in [3.63, 3.8) is 0 Å². The molecular formula is C15H10N6O2. The van der Waals surface area contributed by atoms with Crippen molar-refractivity contribution in [3.8, 4) is 0 Å². The van der Waals surface area contributed by atoms with E-state index in [0.717, 1.165) is 0 Å². The lowest BCUT2D eigenvalue weighted by Gasteiger charge is -2.04. The van der Waals surface area contributed by atoms with E-state index < -0.39 is 11.5 Å². The van der Waals surface area contributed by atoms with Crippen LogP contribution in [0.3, 0.4) is 0 Å². The first-order chi connectivity index (χ1) is 11.2. The highest BCUT2D eigenvalue weighted by Crippen LogP contribution is 2.08. The van der Waals surface area contributed by atoms with Crippen molar-refractivity contribution < 1.29 is 4.79 Å². The van der Waals surface area contributed by atoms with Crippen LogP contribution < -0.4 is 10.9 Å². The third-order valence-electron chi connectivity index (χ3n) is 3.40. The number of fused-ring (bicyclic) bond motifs is 2. The molecule has 8 heteroatoms. The minimum atomic E-state index is -0.584. The normalized spacial score (nSPS) is 11.0. The van der Waals surface area contributed by atoms with Gasteiger partial charge in [-0.15, -0.1) is 10.2 Å². The Balaban J connectivity index is 1.75. The predicted octanol–water partition coefficient (Wildman–Crippen LogP) is 0.989. The number of hydrogen-bond acceptors (Lipinski definition) is 5. The molecule has 1 N–H and O–H groups in total. The fraction of sp³-hybridized carbons (Fsp3) is 0. The first-order valence-corrected chi connectivity index (χ1v) is 6.81. The molecule has 0 aliphatic heterocycles. The Kier molecular flexibility index (Phi) is 2.87. The molecule has 112 valence electrons. The smallest absolute Gasteiger partial charge is 0.270 e. The molecule has 4 rings (SSSR count). The van der Waals surface area contributed by atoms with Gasteiger partial charge in [0.15, 0.2) is 5.65 Å². The van der Waals surface area contributed by atoms with Crippen molar-refractivity contribution >= 4 is 23.1 Å². The zero-order valence-electron chi connectivity index (χ0n) is 11.7. The van der Waals surface area contributed by atoms with E-state index in [-0.39, 0.29) is 11.5 Å². The second-order valence-corrected chi connectivity index (χ2v) is 4.81. The molecular weight excluding hydrogens is 296 g/mol. The Hall–Kier alpha value is -3.55. The van der Waals surface area contributed by atoms with Crippen LogP contribution in [0.1, 0.15) is 10.4 Å². The molecule has 0 saturated heterocycles. The average molecular weight is 306 g/mol. The predicted molar refractivity (Wildman–Crippen MR) is 82.4 cm³/mol. The van der Waals surface area contributed by atoms with Crippen LogP contribution in [-0.4, -0.2) is 29.9 Å². The van der Waals surface area contributed by atoms with E-state index >= 15 is 0 Å². The van der Waals surface area contributed by atoms with Crippen LogP contribution in [0.2, 0.25) is 0 Å². The topological polar surface area (TPSA) is 93.7 Å². The number of pyridine rings is 2. The maximum absolute atomic E-state index is 12.4. The standard InChI is InChI=1S/C15H10N6O2/c22-13(17-15-19-18-12-6-2-4-8-21(12)15)10-9-16-11-5-1-3-7-20(11)14(10)23/h1-9H,(H,17,19,22). The van der Waals surface area contributed by atoms with Crippen LogP contribution in [0.5, 0.6) is 0 Å². The van der Waals surface area contributed by atoms with E-state index in [9.17, 15) is 9.59 Å². The summed E-state index contributed by atoms with van der Waals surface area (Å²) in [5.74, 6) is -0.345. The Labute approximate surface area is 129 Å². The van der Waals surface area contributed by atoms with Crippen LogP contribution in [0.4, 0.5) is 5.95 Å². The highest BCUT2D eigenvalue weighted by atomic mass is 16.2. The molecule has 8 nitrogen and oxygen atoms in total. The van der Waals surface area contributed by atoms with Crippen molar-refractivity contribution in [1.29, 1.82) is 0 Å². The number of nitrogens with zero attached hydrogens (tertiary/aromatic N) is 5. The van der Waals surface area contributed by atoms with Crippen molar-refractivity contribution in [2.45, 2.75) is 0 Å². The Morgan fingerprint density at radius 3 is 2.52 bits per heavy atom. The van der Waals surface area contributed by atoms with Gasteiger partial charge in [0.05, 0.1) is 0 Å². The van der Waals surface area contributed by atoms with E-state index in [1.54, 1.807) is 47.1 Å². The first-order valence-electron chi connectivity index (χ1n) is 6.81. The zero-order valence-corrected chi connectivity index (χ0v) is 11.7. The number of aromatic nitrogens is 5. The molecule has 1 amide bonds. The Morgan fingerprint density at radius 1 is 0.957 bits per heavy atom. The molecule has 4 aromatic rings. The second-order valence-electron chi connectivity index (χ2n) is 4.81. The van der Waals surface area contributed by atoms with Crippen molar-refractivity contribution in [2.75, 3.05) is 5.32 Å². The monoisotopic (exact) mass is 306 g/mol. The van der Waals surface area contributed by atoms with Crippen molar-refractivity contribution in [2.24, 2.45) is 0 Å². The van der Waals surface area contributed by atoms with Crippen LogP contribution in [0, 0.1) is 0 Å².